The molecule has 2 aromatic carbocycles. The van der Waals surface area contributed by atoms with E-state index in [1.54, 1.807) is 36.4 Å². The summed E-state index contributed by atoms with van der Waals surface area (Å²) in [5, 5.41) is 1.16. The van der Waals surface area contributed by atoms with Crippen LogP contribution in [0.25, 0.3) is 0 Å². The lowest BCUT2D eigenvalue weighted by molar-refractivity contribution is -0.130. The Balaban J connectivity index is 1.44. The van der Waals surface area contributed by atoms with Gasteiger partial charge in [0.05, 0.1) is 0 Å². The van der Waals surface area contributed by atoms with Crippen LogP contribution in [-0.4, -0.2) is 36.8 Å². The fraction of sp³-hybridized carbons (Fsp3) is 0.407. The van der Waals surface area contributed by atoms with Gasteiger partial charge in [0, 0.05) is 22.9 Å². The van der Waals surface area contributed by atoms with E-state index in [-0.39, 0.29) is 37.9 Å². The first-order valence-corrected chi connectivity index (χ1v) is 13.3. The smallest absolute Gasteiger partial charge is 0.276 e. The number of rotatable bonds is 14. The van der Waals surface area contributed by atoms with E-state index >= 15 is 0 Å². The molecule has 0 aliphatic rings. The molecule has 212 valence electrons. The molecule has 0 fully saturated rings. The maximum absolute atomic E-state index is 11.9. The molecule has 0 heterocycles. The zero-order valence-corrected chi connectivity index (χ0v) is 23.5. The minimum atomic E-state index is -0.476. The highest BCUT2D eigenvalue weighted by Crippen LogP contribution is 2.22. The predicted octanol–water partition coefficient (Wildman–Crippen LogP) is 4.09. The van der Waals surface area contributed by atoms with Crippen molar-refractivity contribution in [2.45, 2.75) is 58.8 Å². The largest absolute Gasteiger partial charge is 0.483 e. The first-order valence-electron chi connectivity index (χ1n) is 12.6. The maximum atomic E-state index is 11.9. The fourth-order valence-corrected chi connectivity index (χ4v) is 3.87. The van der Waals surface area contributed by atoms with Crippen LogP contribution in [0.1, 0.15) is 56.1 Å². The summed E-state index contributed by atoms with van der Waals surface area (Å²) in [6.45, 7) is 3.16. The topological polar surface area (TPSA) is 135 Å². The molecule has 39 heavy (non-hydrogen) atoms. The van der Waals surface area contributed by atoms with Crippen LogP contribution >= 0.6 is 23.2 Å². The number of hydrogen-bond acceptors (Lipinski definition) is 6. The molecule has 0 aliphatic heterocycles. The predicted molar refractivity (Wildman–Crippen MR) is 148 cm³/mol. The number of aryl methyl sites for hydroxylation is 2. The van der Waals surface area contributed by atoms with E-state index < -0.39 is 11.8 Å². The molecule has 0 saturated carbocycles. The number of carbonyl (C=O) groups excluding carboxylic acids is 4. The van der Waals surface area contributed by atoms with Crippen molar-refractivity contribution in [2.24, 2.45) is 0 Å². The molecule has 0 radical (unpaired) electrons. The van der Waals surface area contributed by atoms with Crippen LogP contribution in [0, 0.1) is 13.8 Å². The van der Waals surface area contributed by atoms with Gasteiger partial charge in [-0.05, 0) is 74.2 Å². The van der Waals surface area contributed by atoms with Crippen LogP contribution in [0.4, 0.5) is 0 Å². The number of hydrazine groups is 2. The van der Waals surface area contributed by atoms with E-state index in [4.69, 9.17) is 32.7 Å². The average Bonchev–Trinajstić information content (AvgIpc) is 2.89. The molecule has 2 rings (SSSR count). The van der Waals surface area contributed by atoms with Gasteiger partial charge in [-0.3, -0.25) is 40.9 Å². The van der Waals surface area contributed by atoms with Crippen LogP contribution in [-0.2, 0) is 19.2 Å². The molecular weight excluding hydrogens is 547 g/mol. The third-order valence-electron chi connectivity index (χ3n) is 5.48. The standard InChI is InChI=1S/C27H34Cl2N4O6/c1-18-14-20(28)10-12-22(18)38-16-26(36)32-30-24(34)8-6-4-3-5-7-9-25(35)31-33-27(37)17-39-23-13-11-21(29)15-19(23)2/h10-15H,3-9,16-17H2,1-2H3,(H,30,34)(H,31,35)(H,32,36)(H,33,37). The van der Waals surface area contributed by atoms with Gasteiger partial charge in [0.1, 0.15) is 11.5 Å². The van der Waals surface area contributed by atoms with Crippen LogP contribution in [0.15, 0.2) is 36.4 Å². The summed E-state index contributed by atoms with van der Waals surface area (Å²) >= 11 is 11.8. The number of hydrogen-bond donors (Lipinski definition) is 4. The summed E-state index contributed by atoms with van der Waals surface area (Å²) in [5.41, 5.74) is 11.0. The molecule has 0 atom stereocenters. The molecular formula is C27H34Cl2N4O6. The van der Waals surface area contributed by atoms with Crippen molar-refractivity contribution in [3.05, 3.63) is 57.6 Å². The van der Waals surface area contributed by atoms with Crippen molar-refractivity contribution in [2.75, 3.05) is 13.2 Å². The monoisotopic (exact) mass is 580 g/mol. The maximum Gasteiger partial charge on any atom is 0.276 e. The Morgan fingerprint density at radius 3 is 1.33 bits per heavy atom. The zero-order chi connectivity index (χ0) is 28.6. The van der Waals surface area contributed by atoms with Crippen LogP contribution in [0.5, 0.6) is 11.5 Å². The van der Waals surface area contributed by atoms with Crippen molar-refractivity contribution in [3.63, 3.8) is 0 Å². The van der Waals surface area contributed by atoms with Gasteiger partial charge in [0.2, 0.25) is 11.8 Å². The van der Waals surface area contributed by atoms with Crippen molar-refractivity contribution in [3.8, 4) is 11.5 Å². The molecule has 0 spiro atoms. The number of benzene rings is 2. The quantitative estimate of drug-likeness (QED) is 0.196. The number of amides is 4. The Kier molecular flexibility index (Phi) is 14.0. The van der Waals surface area contributed by atoms with E-state index in [0.29, 0.717) is 34.4 Å². The first kappa shape index (κ1) is 31.7. The van der Waals surface area contributed by atoms with Crippen LogP contribution < -0.4 is 31.2 Å². The second kappa shape index (κ2) is 17.2. The summed E-state index contributed by atoms with van der Waals surface area (Å²) in [4.78, 5) is 47.5. The summed E-state index contributed by atoms with van der Waals surface area (Å²) in [6.07, 6.45) is 4.29. The zero-order valence-electron chi connectivity index (χ0n) is 22.0. The summed E-state index contributed by atoms with van der Waals surface area (Å²) in [6, 6.07) is 10.1. The second-order valence-electron chi connectivity index (χ2n) is 8.86. The summed E-state index contributed by atoms with van der Waals surface area (Å²) in [5.74, 6) is -0.462. The van der Waals surface area contributed by atoms with Crippen molar-refractivity contribution in [1.29, 1.82) is 0 Å². The molecule has 0 saturated heterocycles. The minimum absolute atomic E-state index is 0.239. The minimum Gasteiger partial charge on any atom is -0.483 e. The number of halogens is 2. The Morgan fingerprint density at radius 2 is 0.949 bits per heavy atom. The van der Waals surface area contributed by atoms with Gasteiger partial charge in [-0.25, -0.2) is 0 Å². The summed E-state index contributed by atoms with van der Waals surface area (Å²) < 4.78 is 10.8. The lowest BCUT2D eigenvalue weighted by Crippen LogP contribution is -2.43. The van der Waals surface area contributed by atoms with E-state index in [9.17, 15) is 19.2 Å². The van der Waals surface area contributed by atoms with Gasteiger partial charge in [0.15, 0.2) is 13.2 Å². The highest BCUT2D eigenvalue weighted by atomic mass is 35.5. The second-order valence-corrected chi connectivity index (χ2v) is 9.73. The van der Waals surface area contributed by atoms with Crippen molar-refractivity contribution in [1.82, 2.24) is 21.7 Å². The molecule has 12 heteroatoms. The Bertz CT molecular complexity index is 1060. The molecule has 0 bridgehead atoms. The van der Waals surface area contributed by atoms with Gasteiger partial charge in [0.25, 0.3) is 11.8 Å². The molecule has 10 nitrogen and oxygen atoms in total. The van der Waals surface area contributed by atoms with Gasteiger partial charge in [-0.1, -0.05) is 42.5 Å². The average molecular weight is 581 g/mol. The van der Waals surface area contributed by atoms with Gasteiger partial charge >= 0.3 is 0 Å². The lowest BCUT2D eigenvalue weighted by atomic mass is 10.1. The van der Waals surface area contributed by atoms with Gasteiger partial charge in [-0.15, -0.1) is 0 Å². The highest BCUT2D eigenvalue weighted by molar-refractivity contribution is 6.31. The van der Waals surface area contributed by atoms with Crippen LogP contribution in [0.2, 0.25) is 10.0 Å². The van der Waals surface area contributed by atoms with Crippen LogP contribution in [0.3, 0.4) is 0 Å². The summed E-state index contributed by atoms with van der Waals surface area (Å²) in [7, 11) is 0. The third-order valence-corrected chi connectivity index (χ3v) is 5.95. The number of carbonyl (C=O) groups is 4. The number of ether oxygens (including phenoxy) is 2. The fourth-order valence-electron chi connectivity index (χ4n) is 3.41. The molecule has 2 aromatic rings. The number of nitrogens with one attached hydrogen (secondary N) is 4. The van der Waals surface area contributed by atoms with E-state index in [1.165, 1.54) is 0 Å². The third kappa shape index (κ3) is 13.2. The highest BCUT2D eigenvalue weighted by Gasteiger charge is 2.09. The van der Waals surface area contributed by atoms with E-state index in [1.807, 2.05) is 13.8 Å². The Hall–Kier alpha value is -3.50. The normalized spacial score (nSPS) is 10.4. The Labute approximate surface area is 238 Å². The SMILES string of the molecule is Cc1cc(Cl)ccc1OCC(=O)NNC(=O)CCCCCCCC(=O)NNC(=O)COc1ccc(Cl)cc1C. The molecule has 4 amide bonds. The van der Waals surface area contributed by atoms with Crippen molar-refractivity contribution < 1.29 is 28.7 Å². The lowest BCUT2D eigenvalue weighted by Gasteiger charge is -2.11. The number of unbranched alkanes of at least 4 members (excludes halogenated alkanes) is 4. The first-order chi connectivity index (χ1) is 18.6. The molecule has 4 N–H and O–H groups in total. The van der Waals surface area contributed by atoms with Gasteiger partial charge < -0.3 is 9.47 Å². The Morgan fingerprint density at radius 1 is 0.590 bits per heavy atom. The van der Waals surface area contributed by atoms with Crippen molar-refractivity contribution >= 4 is 46.8 Å². The molecule has 0 aliphatic carbocycles. The molecule has 0 unspecified atom stereocenters. The molecule has 0 aromatic heterocycles. The van der Waals surface area contributed by atoms with E-state index in [0.717, 1.165) is 30.4 Å². The van der Waals surface area contributed by atoms with E-state index in [2.05, 4.69) is 21.7 Å². The van der Waals surface area contributed by atoms with Gasteiger partial charge in [-0.2, -0.15) is 0 Å².